The average Bonchev–Trinajstić information content (AvgIpc) is 2.48. The number of hydrogen-bond donors (Lipinski definition) is 0. The van der Waals surface area contributed by atoms with Crippen LogP contribution in [-0.2, 0) is 27.8 Å². The molecule has 0 aromatic carbocycles. The molecule has 0 amide bonds. The molecule has 0 saturated carbocycles. The van der Waals surface area contributed by atoms with E-state index in [1.165, 1.54) is 0 Å². The summed E-state index contributed by atoms with van der Waals surface area (Å²) in [5, 5.41) is 0. The molecule has 1 aliphatic heterocycles. The summed E-state index contributed by atoms with van der Waals surface area (Å²) in [5.74, 6) is -0.973. The molecule has 0 N–H and O–H groups in total. The highest BCUT2D eigenvalue weighted by molar-refractivity contribution is 6.67. The van der Waals surface area contributed by atoms with Crippen molar-refractivity contribution in [2.24, 2.45) is 0 Å². The average molecular weight is 322 g/mol. The summed E-state index contributed by atoms with van der Waals surface area (Å²) in [6.07, 6.45) is 1.50. The maximum absolute atomic E-state index is 5.98. The van der Waals surface area contributed by atoms with Gasteiger partial charge >= 0.3 is 8.56 Å². The molecule has 1 rings (SSSR count). The fourth-order valence-corrected chi connectivity index (χ4v) is 3.29. The van der Waals surface area contributed by atoms with E-state index in [-0.39, 0.29) is 12.0 Å². The van der Waals surface area contributed by atoms with Crippen LogP contribution in [0.4, 0.5) is 0 Å². The Morgan fingerprint density at radius 1 is 1.14 bits per heavy atom. The molecule has 0 spiro atoms. The number of ether oxygens (including phenoxy) is 4. The highest BCUT2D eigenvalue weighted by Gasteiger charge is 2.49. The minimum absolute atomic E-state index is 0.173. The summed E-state index contributed by atoms with van der Waals surface area (Å²) in [6, 6.07) is 0. The van der Waals surface area contributed by atoms with Crippen LogP contribution in [0.1, 0.15) is 47.0 Å². The Morgan fingerprint density at radius 2 is 1.71 bits per heavy atom. The van der Waals surface area contributed by atoms with E-state index in [0.29, 0.717) is 12.8 Å². The molecule has 0 aliphatic carbocycles. The summed E-state index contributed by atoms with van der Waals surface area (Å²) < 4.78 is 34.3. The van der Waals surface area contributed by atoms with Crippen LogP contribution >= 0.6 is 0 Å². The Morgan fingerprint density at radius 3 is 2.10 bits per heavy atom. The predicted octanol–water partition coefficient (Wildman–Crippen LogP) is 2.89. The predicted molar refractivity (Wildman–Crippen MR) is 80.6 cm³/mol. The van der Waals surface area contributed by atoms with Crippen LogP contribution in [-0.4, -0.2) is 47.1 Å². The van der Waals surface area contributed by atoms with Crippen LogP contribution in [0.3, 0.4) is 0 Å². The molecular weight excluding hydrogens is 292 g/mol. The first kappa shape index (κ1) is 19.0. The zero-order valence-corrected chi connectivity index (χ0v) is 15.3. The first-order chi connectivity index (χ1) is 9.88. The lowest BCUT2D eigenvalue weighted by atomic mass is 10.3. The molecule has 1 fully saturated rings. The van der Waals surface area contributed by atoms with Gasteiger partial charge in [-0.25, -0.2) is 0 Å². The molecule has 6 nitrogen and oxygen atoms in total. The van der Waals surface area contributed by atoms with Gasteiger partial charge < -0.3 is 13.6 Å². The van der Waals surface area contributed by atoms with Crippen molar-refractivity contribution in [2.75, 3.05) is 14.2 Å². The van der Waals surface area contributed by atoms with Crippen molar-refractivity contribution in [3.05, 3.63) is 0 Å². The summed E-state index contributed by atoms with van der Waals surface area (Å²) in [7, 11) is 0.934. The zero-order valence-electron chi connectivity index (χ0n) is 14.3. The minimum Gasteiger partial charge on any atom is -0.396 e. The Kier molecular flexibility index (Phi) is 7.25. The number of hydrogen-bond acceptors (Lipinski definition) is 6. The van der Waals surface area contributed by atoms with Gasteiger partial charge in [0.15, 0.2) is 12.6 Å². The van der Waals surface area contributed by atoms with Crippen molar-refractivity contribution in [1.82, 2.24) is 0 Å². The molecule has 1 aliphatic rings. The van der Waals surface area contributed by atoms with Crippen LogP contribution in [0.25, 0.3) is 0 Å². The van der Waals surface area contributed by atoms with Crippen molar-refractivity contribution in [2.45, 2.75) is 77.8 Å². The molecule has 1 heterocycles. The molecule has 0 radical (unpaired) electrons. The van der Waals surface area contributed by atoms with Gasteiger partial charge in [-0.05, 0) is 26.3 Å². The highest BCUT2D eigenvalue weighted by atomic mass is 28.4. The van der Waals surface area contributed by atoms with Gasteiger partial charge in [0, 0.05) is 20.6 Å². The lowest BCUT2D eigenvalue weighted by Gasteiger charge is -2.47. The molecule has 21 heavy (non-hydrogen) atoms. The molecule has 0 aromatic rings. The topological polar surface area (TPSA) is 55.4 Å². The van der Waals surface area contributed by atoms with E-state index in [4.69, 9.17) is 27.8 Å². The van der Waals surface area contributed by atoms with E-state index < -0.39 is 20.8 Å². The summed E-state index contributed by atoms with van der Waals surface area (Å²) in [6.45, 7) is 9.87. The van der Waals surface area contributed by atoms with Crippen molar-refractivity contribution in [3.63, 3.8) is 0 Å². The van der Waals surface area contributed by atoms with Crippen LogP contribution in [0.2, 0.25) is 6.55 Å². The Labute approximate surface area is 129 Å². The smallest absolute Gasteiger partial charge is 0.364 e. The Bertz CT molecular complexity index is 304. The van der Waals surface area contributed by atoms with Gasteiger partial charge in [-0.3, -0.25) is 14.2 Å². The van der Waals surface area contributed by atoms with E-state index in [1.54, 1.807) is 14.2 Å². The third kappa shape index (κ3) is 4.48. The summed E-state index contributed by atoms with van der Waals surface area (Å²) >= 11 is 0. The molecule has 1 saturated heterocycles. The zero-order chi connectivity index (χ0) is 16.1. The maximum atomic E-state index is 5.98. The third-order valence-corrected chi connectivity index (χ3v) is 7.17. The molecule has 7 heteroatoms. The molecule has 2 atom stereocenters. The SMILES string of the molecule is CCC(OC(C)[Si](C)(OC)OC)OC1(CC)OC(CC)O1. The standard InChI is InChI=1S/C14H30O6Si/c1-8-12(17-11(4)21(7,15-5)16-6)18-14(10-3)19-13(9-2)20-14/h11-13H,8-10H2,1-7H3. The van der Waals surface area contributed by atoms with Crippen LogP contribution in [0.5, 0.6) is 0 Å². The minimum atomic E-state index is -2.36. The third-order valence-electron chi connectivity index (χ3n) is 3.94. The molecular formula is C14H30O6Si. The fourth-order valence-electron chi connectivity index (χ4n) is 2.06. The summed E-state index contributed by atoms with van der Waals surface area (Å²) in [4.78, 5) is 0. The van der Waals surface area contributed by atoms with Crippen molar-refractivity contribution in [3.8, 4) is 0 Å². The van der Waals surface area contributed by atoms with Crippen LogP contribution < -0.4 is 0 Å². The first-order valence-electron chi connectivity index (χ1n) is 7.67. The van der Waals surface area contributed by atoms with E-state index >= 15 is 0 Å². The van der Waals surface area contributed by atoms with E-state index in [0.717, 1.165) is 6.42 Å². The second kappa shape index (κ2) is 8.01. The monoisotopic (exact) mass is 322 g/mol. The number of rotatable bonds is 10. The van der Waals surface area contributed by atoms with E-state index in [9.17, 15) is 0 Å². The lowest BCUT2D eigenvalue weighted by Crippen LogP contribution is -2.57. The van der Waals surface area contributed by atoms with Crippen molar-refractivity contribution < 1.29 is 27.8 Å². The largest absolute Gasteiger partial charge is 0.396 e. The molecule has 0 bridgehead atoms. The van der Waals surface area contributed by atoms with Gasteiger partial charge in [0.05, 0.1) is 0 Å². The van der Waals surface area contributed by atoms with Gasteiger partial charge in [-0.1, -0.05) is 20.8 Å². The second-order valence-corrected chi connectivity index (χ2v) is 8.93. The van der Waals surface area contributed by atoms with Gasteiger partial charge in [-0.2, -0.15) is 0 Å². The molecule has 0 aromatic heterocycles. The van der Waals surface area contributed by atoms with Crippen molar-refractivity contribution in [1.29, 1.82) is 0 Å². The second-order valence-electron chi connectivity index (χ2n) is 5.27. The van der Waals surface area contributed by atoms with Gasteiger partial charge in [0.2, 0.25) is 0 Å². The van der Waals surface area contributed by atoms with Crippen LogP contribution in [0, 0.1) is 0 Å². The van der Waals surface area contributed by atoms with Crippen molar-refractivity contribution >= 4 is 8.56 Å². The lowest BCUT2D eigenvalue weighted by molar-refractivity contribution is -0.559. The van der Waals surface area contributed by atoms with E-state index in [2.05, 4.69) is 0 Å². The first-order valence-corrected chi connectivity index (χ1v) is 10.1. The van der Waals surface area contributed by atoms with Gasteiger partial charge in [0.1, 0.15) is 5.73 Å². The Balaban J connectivity index is 2.59. The quantitative estimate of drug-likeness (QED) is 0.455. The normalized spacial score (nSPS) is 29.0. The van der Waals surface area contributed by atoms with Gasteiger partial charge in [-0.15, -0.1) is 0 Å². The molecule has 2 unspecified atom stereocenters. The Hall–Kier alpha value is -0.0231. The van der Waals surface area contributed by atoms with Gasteiger partial charge in [0.25, 0.3) is 5.97 Å². The summed E-state index contributed by atoms with van der Waals surface area (Å²) in [5.41, 5.74) is -0.173. The van der Waals surface area contributed by atoms with E-state index in [1.807, 2.05) is 34.2 Å². The maximum Gasteiger partial charge on any atom is 0.364 e. The molecule has 126 valence electrons. The fraction of sp³-hybridized carbons (Fsp3) is 1.00. The van der Waals surface area contributed by atoms with Crippen LogP contribution in [0.15, 0.2) is 0 Å². The highest BCUT2D eigenvalue weighted by Crippen LogP contribution is 2.37.